The van der Waals surface area contributed by atoms with Gasteiger partial charge in [-0.2, -0.15) is 0 Å². The third kappa shape index (κ3) is 4.11. The van der Waals surface area contributed by atoms with E-state index in [0.29, 0.717) is 5.92 Å². The van der Waals surface area contributed by atoms with Crippen LogP contribution in [0.1, 0.15) is 57.9 Å². The van der Waals surface area contributed by atoms with Gasteiger partial charge in [0.05, 0.1) is 5.69 Å². The molecule has 1 aliphatic rings. The van der Waals surface area contributed by atoms with Crippen molar-refractivity contribution < 1.29 is 0 Å². The molecule has 3 rings (SSSR count). The number of nitrogens with zero attached hydrogens (tertiary/aromatic N) is 6. The van der Waals surface area contributed by atoms with Gasteiger partial charge in [-0.15, -0.1) is 0 Å². The van der Waals surface area contributed by atoms with Gasteiger partial charge in [-0.05, 0) is 13.0 Å². The average molecular weight is 355 g/mol. The number of piperazine rings is 1. The Morgan fingerprint density at radius 2 is 1.54 bits per heavy atom. The highest BCUT2D eigenvalue weighted by Crippen LogP contribution is 2.25. The first-order valence-electron chi connectivity index (χ1n) is 9.43. The minimum absolute atomic E-state index is 0.0263. The van der Waals surface area contributed by atoms with Crippen LogP contribution >= 0.6 is 0 Å². The fourth-order valence-corrected chi connectivity index (χ4v) is 3.08. The number of rotatable bonds is 3. The maximum absolute atomic E-state index is 4.72. The molecule has 6 heteroatoms. The monoisotopic (exact) mass is 354 g/mol. The molecular weight excluding hydrogens is 324 g/mol. The van der Waals surface area contributed by atoms with Crippen molar-refractivity contribution in [3.05, 3.63) is 35.7 Å². The van der Waals surface area contributed by atoms with Gasteiger partial charge in [-0.3, -0.25) is 0 Å². The Bertz CT molecular complexity index is 757. The summed E-state index contributed by atoms with van der Waals surface area (Å²) in [5, 5.41) is 0. The van der Waals surface area contributed by atoms with Crippen LogP contribution in [-0.4, -0.2) is 46.1 Å². The smallest absolute Gasteiger partial charge is 0.133 e. The Balaban J connectivity index is 1.73. The minimum atomic E-state index is 0.0263. The van der Waals surface area contributed by atoms with Crippen molar-refractivity contribution in [3.63, 3.8) is 0 Å². The maximum Gasteiger partial charge on any atom is 0.133 e. The summed E-state index contributed by atoms with van der Waals surface area (Å²) in [6, 6.07) is 4.15. The van der Waals surface area contributed by atoms with Crippen LogP contribution in [0, 0.1) is 6.92 Å². The van der Waals surface area contributed by atoms with E-state index in [1.165, 1.54) is 0 Å². The zero-order valence-electron chi connectivity index (χ0n) is 16.8. The van der Waals surface area contributed by atoms with E-state index >= 15 is 0 Å². The van der Waals surface area contributed by atoms with Crippen LogP contribution in [0.15, 0.2) is 18.3 Å². The molecule has 6 nitrogen and oxygen atoms in total. The molecule has 26 heavy (non-hydrogen) atoms. The van der Waals surface area contributed by atoms with Crippen molar-refractivity contribution in [1.29, 1.82) is 0 Å². The van der Waals surface area contributed by atoms with Crippen molar-refractivity contribution in [2.45, 2.75) is 52.9 Å². The molecule has 0 amide bonds. The Labute approximate surface area is 156 Å². The molecule has 0 radical (unpaired) electrons. The van der Waals surface area contributed by atoms with E-state index in [9.17, 15) is 0 Å². The number of aromatic nitrogens is 4. The van der Waals surface area contributed by atoms with Gasteiger partial charge in [-0.1, -0.05) is 34.6 Å². The first-order valence-corrected chi connectivity index (χ1v) is 9.43. The normalized spacial score (nSPS) is 15.7. The summed E-state index contributed by atoms with van der Waals surface area (Å²) in [6.07, 6.45) is 1.87. The first-order chi connectivity index (χ1) is 12.2. The molecule has 2 aromatic rings. The summed E-state index contributed by atoms with van der Waals surface area (Å²) in [7, 11) is 0. The van der Waals surface area contributed by atoms with E-state index in [2.05, 4.69) is 65.4 Å². The molecule has 0 aliphatic carbocycles. The molecule has 140 valence electrons. The number of hydrogen-bond donors (Lipinski definition) is 0. The first kappa shape index (κ1) is 18.5. The fraction of sp³-hybridized carbons (Fsp3) is 0.600. The van der Waals surface area contributed by atoms with Crippen molar-refractivity contribution >= 4 is 11.6 Å². The minimum Gasteiger partial charge on any atom is -0.353 e. The molecular formula is C20H30N6. The highest BCUT2D eigenvalue weighted by Gasteiger charge is 2.23. The van der Waals surface area contributed by atoms with E-state index in [-0.39, 0.29) is 5.41 Å². The van der Waals surface area contributed by atoms with Crippen LogP contribution in [0.2, 0.25) is 0 Å². The van der Waals surface area contributed by atoms with Crippen molar-refractivity contribution in [3.8, 4) is 0 Å². The van der Waals surface area contributed by atoms with Gasteiger partial charge < -0.3 is 9.80 Å². The molecule has 1 fully saturated rings. The van der Waals surface area contributed by atoms with E-state index in [4.69, 9.17) is 4.98 Å². The van der Waals surface area contributed by atoms with Crippen LogP contribution in [0.4, 0.5) is 11.6 Å². The van der Waals surface area contributed by atoms with Crippen molar-refractivity contribution in [1.82, 2.24) is 19.9 Å². The fourth-order valence-electron chi connectivity index (χ4n) is 3.08. The zero-order chi connectivity index (χ0) is 18.9. The molecule has 0 aromatic carbocycles. The van der Waals surface area contributed by atoms with E-state index in [1.807, 2.05) is 19.2 Å². The Hall–Kier alpha value is -2.24. The summed E-state index contributed by atoms with van der Waals surface area (Å²) < 4.78 is 0. The molecule has 2 aromatic heterocycles. The summed E-state index contributed by atoms with van der Waals surface area (Å²) in [4.78, 5) is 23.1. The van der Waals surface area contributed by atoms with Crippen LogP contribution < -0.4 is 9.80 Å². The molecule has 1 aliphatic heterocycles. The van der Waals surface area contributed by atoms with Gasteiger partial charge >= 0.3 is 0 Å². The highest BCUT2D eigenvalue weighted by atomic mass is 15.3. The second-order valence-corrected chi connectivity index (χ2v) is 8.31. The SMILES string of the molecule is Cc1nc(N2CCN(c3ccnc(C(C)C)n3)CC2)cc(C(C)(C)C)n1. The lowest BCUT2D eigenvalue weighted by molar-refractivity contribution is 0.561. The Morgan fingerprint density at radius 1 is 0.923 bits per heavy atom. The Kier molecular flexibility index (Phi) is 5.12. The molecule has 1 saturated heterocycles. The summed E-state index contributed by atoms with van der Waals surface area (Å²) in [5.74, 6) is 4.15. The number of hydrogen-bond acceptors (Lipinski definition) is 6. The van der Waals surface area contributed by atoms with Crippen LogP contribution in [0.5, 0.6) is 0 Å². The lowest BCUT2D eigenvalue weighted by atomic mass is 9.92. The molecule has 3 heterocycles. The van der Waals surface area contributed by atoms with Gasteiger partial charge in [0.15, 0.2) is 0 Å². The predicted molar refractivity (Wildman–Crippen MR) is 106 cm³/mol. The quantitative estimate of drug-likeness (QED) is 0.843. The van der Waals surface area contributed by atoms with Gasteiger partial charge in [0.25, 0.3) is 0 Å². The molecule has 0 atom stereocenters. The van der Waals surface area contributed by atoms with Crippen LogP contribution in [-0.2, 0) is 5.41 Å². The Morgan fingerprint density at radius 3 is 2.12 bits per heavy atom. The third-order valence-electron chi connectivity index (χ3n) is 4.70. The van der Waals surface area contributed by atoms with E-state index in [0.717, 1.165) is 55.2 Å². The molecule has 0 saturated carbocycles. The lowest BCUT2D eigenvalue weighted by Gasteiger charge is -2.36. The molecule has 0 unspecified atom stereocenters. The van der Waals surface area contributed by atoms with E-state index < -0.39 is 0 Å². The predicted octanol–water partition coefficient (Wildman–Crippen LogP) is 3.32. The third-order valence-corrected chi connectivity index (χ3v) is 4.70. The highest BCUT2D eigenvalue weighted by molar-refractivity contribution is 5.46. The summed E-state index contributed by atoms with van der Waals surface area (Å²) in [6.45, 7) is 16.5. The second-order valence-electron chi connectivity index (χ2n) is 8.31. The summed E-state index contributed by atoms with van der Waals surface area (Å²) >= 11 is 0. The van der Waals surface area contributed by atoms with Crippen molar-refractivity contribution in [2.24, 2.45) is 0 Å². The average Bonchev–Trinajstić information content (AvgIpc) is 2.61. The number of aryl methyl sites for hydroxylation is 1. The summed E-state index contributed by atoms with van der Waals surface area (Å²) in [5.41, 5.74) is 1.12. The van der Waals surface area contributed by atoms with Crippen LogP contribution in [0.25, 0.3) is 0 Å². The number of anilines is 2. The van der Waals surface area contributed by atoms with E-state index in [1.54, 1.807) is 0 Å². The van der Waals surface area contributed by atoms with Gasteiger partial charge in [0.2, 0.25) is 0 Å². The lowest BCUT2D eigenvalue weighted by Crippen LogP contribution is -2.47. The topological polar surface area (TPSA) is 58.0 Å². The van der Waals surface area contributed by atoms with Crippen LogP contribution in [0.3, 0.4) is 0 Å². The molecule has 0 bridgehead atoms. The largest absolute Gasteiger partial charge is 0.353 e. The van der Waals surface area contributed by atoms with Crippen molar-refractivity contribution in [2.75, 3.05) is 36.0 Å². The maximum atomic E-state index is 4.72. The second kappa shape index (κ2) is 7.17. The van der Waals surface area contributed by atoms with Gasteiger partial charge in [0.1, 0.15) is 23.3 Å². The van der Waals surface area contributed by atoms with Gasteiger partial charge in [0, 0.05) is 49.8 Å². The molecule has 0 spiro atoms. The van der Waals surface area contributed by atoms with Gasteiger partial charge in [-0.25, -0.2) is 19.9 Å². The standard InChI is InChI=1S/C20H30N6/c1-14(2)19-21-8-7-17(24-19)25-9-11-26(12-10-25)18-13-16(20(4,5)6)22-15(3)23-18/h7-8,13-14H,9-12H2,1-6H3. The zero-order valence-corrected chi connectivity index (χ0v) is 16.8. The molecule has 0 N–H and O–H groups in total.